The summed E-state index contributed by atoms with van der Waals surface area (Å²) in [7, 11) is -3.76. The summed E-state index contributed by atoms with van der Waals surface area (Å²) in [5, 5.41) is 3.35. The summed E-state index contributed by atoms with van der Waals surface area (Å²) in [6.45, 7) is 3.96. The summed E-state index contributed by atoms with van der Waals surface area (Å²) in [6.07, 6.45) is 1.84. The molecule has 1 saturated heterocycles. The molecule has 0 unspecified atom stereocenters. The normalized spacial score (nSPS) is 21.3. The van der Waals surface area contributed by atoms with Crippen molar-refractivity contribution in [1.82, 2.24) is 4.31 Å². The Morgan fingerprint density at radius 2 is 1.94 bits per heavy atom. The summed E-state index contributed by atoms with van der Waals surface area (Å²) >= 11 is 5.98. The lowest BCUT2D eigenvalue weighted by atomic mass is 9.99. The third kappa shape index (κ3) is 4.40. The summed E-state index contributed by atoms with van der Waals surface area (Å²) in [5.41, 5.74) is 2.20. The van der Waals surface area contributed by atoms with Gasteiger partial charge in [0.1, 0.15) is 0 Å². The fraction of sp³-hybridized carbons (Fsp3) is 0.391. The SMILES string of the molecule is CC(=O)N1c2ccc(S(=O)(=O)N3CCC[C@H](C(=O)Nc4cccc(Cl)c4)C3)cc2C[C@H]1C. The van der Waals surface area contributed by atoms with E-state index in [0.29, 0.717) is 36.5 Å². The van der Waals surface area contributed by atoms with Crippen LogP contribution in [0.25, 0.3) is 0 Å². The van der Waals surface area contributed by atoms with Gasteiger partial charge in [0.15, 0.2) is 0 Å². The fourth-order valence-corrected chi connectivity index (χ4v) is 6.35. The minimum Gasteiger partial charge on any atom is -0.326 e. The number of carbonyl (C=O) groups is 2. The minimum absolute atomic E-state index is 0.00462. The molecule has 1 N–H and O–H groups in total. The Kier molecular flexibility index (Phi) is 6.29. The number of rotatable bonds is 4. The van der Waals surface area contributed by atoms with Gasteiger partial charge in [0.25, 0.3) is 0 Å². The molecule has 2 aliphatic rings. The fourth-order valence-electron chi connectivity index (χ4n) is 4.58. The number of anilines is 2. The largest absolute Gasteiger partial charge is 0.326 e. The molecule has 4 rings (SSSR count). The lowest BCUT2D eigenvalue weighted by Crippen LogP contribution is -2.43. The van der Waals surface area contributed by atoms with Crippen molar-refractivity contribution in [2.75, 3.05) is 23.3 Å². The van der Waals surface area contributed by atoms with Crippen LogP contribution in [0.1, 0.15) is 32.3 Å². The maximum absolute atomic E-state index is 13.4. The molecule has 2 atom stereocenters. The average molecular weight is 476 g/mol. The van der Waals surface area contributed by atoms with E-state index in [-0.39, 0.29) is 29.3 Å². The van der Waals surface area contributed by atoms with E-state index in [2.05, 4.69) is 5.32 Å². The smallest absolute Gasteiger partial charge is 0.243 e. The van der Waals surface area contributed by atoms with Crippen LogP contribution in [0.15, 0.2) is 47.4 Å². The number of sulfonamides is 1. The summed E-state index contributed by atoms with van der Waals surface area (Å²) < 4.78 is 28.1. The van der Waals surface area contributed by atoms with Crippen LogP contribution in [0, 0.1) is 5.92 Å². The molecule has 0 saturated carbocycles. The van der Waals surface area contributed by atoms with E-state index in [1.165, 1.54) is 11.2 Å². The van der Waals surface area contributed by atoms with E-state index in [1.807, 2.05) is 6.92 Å². The molecule has 2 aromatic carbocycles. The molecule has 0 bridgehead atoms. The number of nitrogens with zero attached hydrogens (tertiary/aromatic N) is 2. The highest BCUT2D eigenvalue weighted by molar-refractivity contribution is 7.89. The van der Waals surface area contributed by atoms with Gasteiger partial charge in [-0.05, 0) is 68.1 Å². The Balaban J connectivity index is 1.51. The molecule has 7 nitrogen and oxygen atoms in total. The number of fused-ring (bicyclic) bond motifs is 1. The second kappa shape index (κ2) is 8.84. The van der Waals surface area contributed by atoms with Gasteiger partial charge in [-0.15, -0.1) is 0 Å². The molecule has 2 aliphatic heterocycles. The molecule has 9 heteroatoms. The predicted molar refractivity (Wildman–Crippen MR) is 124 cm³/mol. The van der Waals surface area contributed by atoms with Crippen molar-refractivity contribution in [2.45, 2.75) is 44.0 Å². The van der Waals surface area contributed by atoms with Crippen LogP contribution < -0.4 is 10.2 Å². The predicted octanol–water partition coefficient (Wildman–Crippen LogP) is 3.68. The lowest BCUT2D eigenvalue weighted by molar-refractivity contribution is -0.121. The first-order chi connectivity index (χ1) is 15.2. The second-order valence-electron chi connectivity index (χ2n) is 8.43. The lowest BCUT2D eigenvalue weighted by Gasteiger charge is -2.31. The highest BCUT2D eigenvalue weighted by Gasteiger charge is 2.35. The van der Waals surface area contributed by atoms with Crippen LogP contribution in [0.5, 0.6) is 0 Å². The number of amides is 2. The first kappa shape index (κ1) is 22.8. The van der Waals surface area contributed by atoms with Crippen LogP contribution >= 0.6 is 11.6 Å². The molecule has 2 amide bonds. The van der Waals surface area contributed by atoms with Gasteiger partial charge in [-0.25, -0.2) is 8.42 Å². The summed E-state index contributed by atoms with van der Waals surface area (Å²) in [6, 6.07) is 11.8. The Bertz CT molecular complexity index is 1170. The van der Waals surface area contributed by atoms with E-state index >= 15 is 0 Å². The van der Waals surface area contributed by atoms with E-state index in [1.54, 1.807) is 47.4 Å². The van der Waals surface area contributed by atoms with Crippen molar-refractivity contribution >= 4 is 44.8 Å². The molecule has 2 aromatic rings. The van der Waals surface area contributed by atoms with Crippen molar-refractivity contribution in [2.24, 2.45) is 5.92 Å². The molecule has 32 heavy (non-hydrogen) atoms. The summed E-state index contributed by atoms with van der Waals surface area (Å²) in [4.78, 5) is 26.6. The van der Waals surface area contributed by atoms with E-state index in [0.717, 1.165) is 11.3 Å². The third-order valence-electron chi connectivity index (χ3n) is 6.09. The number of piperidine rings is 1. The number of benzene rings is 2. The highest BCUT2D eigenvalue weighted by atomic mass is 35.5. The van der Waals surface area contributed by atoms with E-state index in [4.69, 9.17) is 11.6 Å². The van der Waals surface area contributed by atoms with Gasteiger partial charge in [0, 0.05) is 42.5 Å². The topological polar surface area (TPSA) is 86.8 Å². The minimum atomic E-state index is -3.76. The third-order valence-corrected chi connectivity index (χ3v) is 8.19. The Labute approximate surface area is 193 Å². The maximum Gasteiger partial charge on any atom is 0.243 e. The van der Waals surface area contributed by atoms with Crippen LogP contribution in [0.3, 0.4) is 0 Å². The number of carbonyl (C=O) groups excluding carboxylic acids is 2. The van der Waals surface area contributed by atoms with Crippen LogP contribution in [0.4, 0.5) is 11.4 Å². The van der Waals surface area contributed by atoms with Crippen molar-refractivity contribution in [1.29, 1.82) is 0 Å². The zero-order valence-electron chi connectivity index (χ0n) is 18.0. The Hall–Kier alpha value is -2.42. The number of halogens is 1. The number of hydrogen-bond donors (Lipinski definition) is 1. The molecule has 0 radical (unpaired) electrons. The standard InChI is InChI=1S/C23H26ClN3O4S/c1-15-11-18-12-21(8-9-22(18)27(15)16(2)28)32(30,31)26-10-4-5-17(14-26)23(29)25-20-7-3-6-19(24)13-20/h3,6-9,12-13,15,17H,4-5,10-11,14H2,1-2H3,(H,25,29)/t15-,17+/m1/s1. The number of hydrogen-bond acceptors (Lipinski definition) is 4. The molecular weight excluding hydrogens is 450 g/mol. The maximum atomic E-state index is 13.4. The molecule has 170 valence electrons. The second-order valence-corrected chi connectivity index (χ2v) is 10.8. The van der Waals surface area contributed by atoms with Gasteiger partial charge in [-0.1, -0.05) is 17.7 Å². The molecule has 0 spiro atoms. The monoisotopic (exact) mass is 475 g/mol. The van der Waals surface area contributed by atoms with E-state index in [9.17, 15) is 18.0 Å². The van der Waals surface area contributed by atoms with Crippen molar-refractivity contribution in [3.05, 3.63) is 53.1 Å². The Morgan fingerprint density at radius 1 is 1.16 bits per heavy atom. The van der Waals surface area contributed by atoms with Gasteiger partial charge in [-0.2, -0.15) is 4.31 Å². The highest BCUT2D eigenvalue weighted by Crippen LogP contribution is 2.35. The molecule has 1 fully saturated rings. The van der Waals surface area contributed by atoms with Crippen molar-refractivity contribution in [3.63, 3.8) is 0 Å². The first-order valence-electron chi connectivity index (χ1n) is 10.7. The van der Waals surface area contributed by atoms with Gasteiger partial charge in [0.2, 0.25) is 21.8 Å². The van der Waals surface area contributed by atoms with Crippen molar-refractivity contribution < 1.29 is 18.0 Å². The first-order valence-corrected chi connectivity index (χ1v) is 12.5. The van der Waals surface area contributed by atoms with Gasteiger partial charge < -0.3 is 10.2 Å². The van der Waals surface area contributed by atoms with Crippen LogP contribution in [-0.2, 0) is 26.0 Å². The van der Waals surface area contributed by atoms with Crippen LogP contribution in [0.2, 0.25) is 5.02 Å². The van der Waals surface area contributed by atoms with Crippen LogP contribution in [-0.4, -0.2) is 43.7 Å². The number of nitrogens with one attached hydrogen (secondary N) is 1. The molecule has 2 heterocycles. The molecule has 0 aromatic heterocycles. The van der Waals surface area contributed by atoms with Gasteiger partial charge >= 0.3 is 0 Å². The van der Waals surface area contributed by atoms with Crippen molar-refractivity contribution in [3.8, 4) is 0 Å². The Morgan fingerprint density at radius 3 is 2.66 bits per heavy atom. The zero-order valence-corrected chi connectivity index (χ0v) is 19.6. The quantitative estimate of drug-likeness (QED) is 0.730. The average Bonchev–Trinajstić information content (AvgIpc) is 3.09. The molecular formula is C23H26ClN3O4S. The van der Waals surface area contributed by atoms with E-state index < -0.39 is 15.9 Å². The summed E-state index contributed by atoms with van der Waals surface area (Å²) in [5.74, 6) is -0.719. The molecule has 0 aliphatic carbocycles. The zero-order chi connectivity index (χ0) is 23.0. The van der Waals surface area contributed by atoms with Gasteiger partial charge in [-0.3, -0.25) is 9.59 Å². The van der Waals surface area contributed by atoms with Gasteiger partial charge in [0.05, 0.1) is 10.8 Å².